The Balaban J connectivity index is 3.31. The first-order chi connectivity index (χ1) is 6.07. The van der Waals surface area contributed by atoms with Crippen molar-refractivity contribution in [1.82, 2.24) is 4.98 Å². The molecule has 0 aromatic carbocycles. The Morgan fingerprint density at radius 3 is 2.62 bits per heavy atom. The summed E-state index contributed by atoms with van der Waals surface area (Å²) >= 11 is 0. The van der Waals surface area contributed by atoms with Crippen molar-refractivity contribution in [2.75, 3.05) is 0 Å². The van der Waals surface area contributed by atoms with Crippen molar-refractivity contribution in [2.45, 2.75) is 13.3 Å². The number of rotatable bonds is 2. The molecule has 13 heavy (non-hydrogen) atoms. The summed E-state index contributed by atoms with van der Waals surface area (Å²) in [4.78, 5) is 13.6. The second-order valence-corrected chi connectivity index (χ2v) is 2.46. The first-order valence-corrected chi connectivity index (χ1v) is 3.46. The Bertz CT molecular complexity index is 338. The molecule has 0 atom stereocenters. The number of alkyl halides is 2. The molecule has 5 heteroatoms. The van der Waals surface area contributed by atoms with Crippen LogP contribution in [-0.2, 0) is 0 Å². The summed E-state index contributed by atoms with van der Waals surface area (Å²) in [6, 6.07) is 0. The van der Waals surface area contributed by atoms with Crippen molar-refractivity contribution in [3.05, 3.63) is 28.8 Å². The van der Waals surface area contributed by atoms with Crippen LogP contribution >= 0.6 is 0 Å². The van der Waals surface area contributed by atoms with Crippen LogP contribution in [0.5, 0.6) is 0 Å². The number of aldehydes is 1. The highest BCUT2D eigenvalue weighted by Gasteiger charge is 2.17. The standard InChI is InChI=1S/C8H6F3NO/c1-4-6(3-13)12-2-5(7(4)9)8(10)11/h2-3,8H,1H3. The molecule has 1 aromatic heterocycles. The molecule has 0 fully saturated rings. The summed E-state index contributed by atoms with van der Waals surface area (Å²) in [5.41, 5.74) is -1.07. The van der Waals surface area contributed by atoms with Crippen LogP contribution in [-0.4, -0.2) is 11.3 Å². The Kier molecular flexibility index (Phi) is 2.65. The number of pyridine rings is 1. The average Bonchev–Trinajstić information content (AvgIpc) is 2.09. The zero-order valence-electron chi connectivity index (χ0n) is 6.72. The monoisotopic (exact) mass is 189 g/mol. The second-order valence-electron chi connectivity index (χ2n) is 2.46. The van der Waals surface area contributed by atoms with Gasteiger partial charge in [0.2, 0.25) is 0 Å². The summed E-state index contributed by atoms with van der Waals surface area (Å²) in [6.07, 6.45) is -1.91. The fourth-order valence-corrected chi connectivity index (χ4v) is 0.892. The minimum atomic E-state index is -2.91. The molecule has 2 nitrogen and oxygen atoms in total. The van der Waals surface area contributed by atoms with Crippen molar-refractivity contribution in [3.63, 3.8) is 0 Å². The van der Waals surface area contributed by atoms with Crippen molar-refractivity contribution in [3.8, 4) is 0 Å². The molecule has 0 bridgehead atoms. The normalized spacial score (nSPS) is 10.5. The Hall–Kier alpha value is -1.39. The number of hydrogen-bond donors (Lipinski definition) is 0. The molecule has 0 saturated heterocycles. The van der Waals surface area contributed by atoms with Crippen LogP contribution in [0.1, 0.15) is 28.0 Å². The van der Waals surface area contributed by atoms with Gasteiger partial charge in [-0.2, -0.15) is 0 Å². The van der Waals surface area contributed by atoms with Gasteiger partial charge in [0.1, 0.15) is 11.5 Å². The van der Waals surface area contributed by atoms with Gasteiger partial charge in [-0.3, -0.25) is 9.78 Å². The van der Waals surface area contributed by atoms with Crippen LogP contribution in [0.2, 0.25) is 0 Å². The van der Waals surface area contributed by atoms with E-state index in [4.69, 9.17) is 0 Å². The van der Waals surface area contributed by atoms with Gasteiger partial charge in [-0.05, 0) is 6.92 Å². The predicted molar refractivity (Wildman–Crippen MR) is 39.3 cm³/mol. The van der Waals surface area contributed by atoms with Crippen LogP contribution < -0.4 is 0 Å². The summed E-state index contributed by atoms with van der Waals surface area (Å²) in [7, 11) is 0. The van der Waals surface area contributed by atoms with E-state index in [0.717, 1.165) is 0 Å². The molecule has 0 saturated carbocycles. The minimum absolute atomic E-state index is 0.146. The van der Waals surface area contributed by atoms with E-state index in [0.29, 0.717) is 12.5 Å². The average molecular weight is 189 g/mol. The van der Waals surface area contributed by atoms with Crippen molar-refractivity contribution in [2.24, 2.45) is 0 Å². The number of aromatic nitrogens is 1. The molecule has 1 heterocycles. The van der Waals surface area contributed by atoms with E-state index in [1.807, 2.05) is 0 Å². The Morgan fingerprint density at radius 2 is 2.15 bits per heavy atom. The van der Waals surface area contributed by atoms with E-state index in [9.17, 15) is 18.0 Å². The topological polar surface area (TPSA) is 30.0 Å². The maximum absolute atomic E-state index is 13.0. The smallest absolute Gasteiger partial charge is 0.268 e. The minimum Gasteiger partial charge on any atom is -0.296 e. The van der Waals surface area contributed by atoms with Crippen molar-refractivity contribution in [1.29, 1.82) is 0 Å². The third-order valence-corrected chi connectivity index (χ3v) is 1.66. The van der Waals surface area contributed by atoms with E-state index in [1.54, 1.807) is 0 Å². The molecule has 70 valence electrons. The van der Waals surface area contributed by atoms with Gasteiger partial charge in [-0.15, -0.1) is 0 Å². The third kappa shape index (κ3) is 1.68. The number of nitrogens with zero attached hydrogens (tertiary/aromatic N) is 1. The maximum atomic E-state index is 13.0. The van der Waals surface area contributed by atoms with Crippen LogP contribution in [0.3, 0.4) is 0 Å². The van der Waals surface area contributed by atoms with Crippen LogP contribution in [0.15, 0.2) is 6.20 Å². The van der Waals surface area contributed by atoms with Crippen LogP contribution in [0.25, 0.3) is 0 Å². The number of hydrogen-bond acceptors (Lipinski definition) is 2. The molecular weight excluding hydrogens is 183 g/mol. The molecule has 1 aromatic rings. The van der Waals surface area contributed by atoms with Crippen molar-refractivity contribution < 1.29 is 18.0 Å². The molecule has 0 unspecified atom stereocenters. The molecular formula is C8H6F3NO. The molecule has 0 radical (unpaired) electrons. The molecule has 0 N–H and O–H groups in total. The fraction of sp³-hybridized carbons (Fsp3) is 0.250. The van der Waals surface area contributed by atoms with Gasteiger partial charge in [-0.1, -0.05) is 0 Å². The van der Waals surface area contributed by atoms with Gasteiger partial charge in [0, 0.05) is 11.8 Å². The SMILES string of the molecule is Cc1c(C=O)ncc(C(F)F)c1F. The second kappa shape index (κ2) is 3.55. The number of halogens is 3. The van der Waals surface area contributed by atoms with E-state index in [1.165, 1.54) is 6.92 Å². The van der Waals surface area contributed by atoms with Gasteiger partial charge in [0.25, 0.3) is 6.43 Å². The zero-order chi connectivity index (χ0) is 10.0. The molecule has 0 spiro atoms. The molecule has 0 aliphatic rings. The lowest BCUT2D eigenvalue weighted by Crippen LogP contribution is -2.01. The van der Waals surface area contributed by atoms with Crippen molar-refractivity contribution >= 4 is 6.29 Å². The zero-order valence-corrected chi connectivity index (χ0v) is 6.72. The van der Waals surface area contributed by atoms with Crippen LogP contribution in [0.4, 0.5) is 13.2 Å². The van der Waals surface area contributed by atoms with Gasteiger partial charge in [-0.25, -0.2) is 13.2 Å². The maximum Gasteiger partial charge on any atom is 0.268 e. The first kappa shape index (κ1) is 9.70. The fourth-order valence-electron chi connectivity index (χ4n) is 0.892. The van der Waals surface area contributed by atoms with E-state index >= 15 is 0 Å². The van der Waals surface area contributed by atoms with Gasteiger partial charge < -0.3 is 0 Å². The lowest BCUT2D eigenvalue weighted by molar-refractivity contribution is 0.111. The summed E-state index contributed by atoms with van der Waals surface area (Å²) in [5, 5.41) is 0. The Labute approximate surface area is 72.4 Å². The molecule has 0 aliphatic carbocycles. The number of carbonyl (C=O) groups is 1. The summed E-state index contributed by atoms with van der Waals surface area (Å²) < 4.78 is 37.2. The summed E-state index contributed by atoms with van der Waals surface area (Å²) in [5.74, 6) is -1.06. The highest BCUT2D eigenvalue weighted by atomic mass is 19.3. The van der Waals surface area contributed by atoms with Gasteiger partial charge in [0.05, 0.1) is 5.56 Å². The highest BCUT2D eigenvalue weighted by Crippen LogP contribution is 2.23. The van der Waals surface area contributed by atoms with Crippen LogP contribution in [0, 0.1) is 12.7 Å². The largest absolute Gasteiger partial charge is 0.296 e. The third-order valence-electron chi connectivity index (χ3n) is 1.66. The van der Waals surface area contributed by atoms with E-state index in [2.05, 4.69) is 4.98 Å². The van der Waals surface area contributed by atoms with Gasteiger partial charge in [0.15, 0.2) is 6.29 Å². The van der Waals surface area contributed by atoms with Gasteiger partial charge >= 0.3 is 0 Å². The number of carbonyl (C=O) groups excluding carboxylic acids is 1. The lowest BCUT2D eigenvalue weighted by Gasteiger charge is -2.04. The molecule has 1 rings (SSSR count). The van der Waals surface area contributed by atoms with E-state index in [-0.39, 0.29) is 11.3 Å². The first-order valence-electron chi connectivity index (χ1n) is 3.46. The summed E-state index contributed by atoms with van der Waals surface area (Å²) in [6.45, 7) is 1.23. The quantitative estimate of drug-likeness (QED) is 0.668. The molecule has 0 amide bonds. The van der Waals surface area contributed by atoms with E-state index < -0.39 is 17.8 Å². The Morgan fingerprint density at radius 1 is 1.54 bits per heavy atom. The lowest BCUT2D eigenvalue weighted by atomic mass is 10.1. The highest BCUT2D eigenvalue weighted by molar-refractivity contribution is 5.74. The molecule has 0 aliphatic heterocycles. The predicted octanol–water partition coefficient (Wildman–Crippen LogP) is 2.28.